The minimum absolute atomic E-state index is 0.425. The van der Waals surface area contributed by atoms with E-state index in [1.807, 2.05) is 6.07 Å². The van der Waals surface area contributed by atoms with Crippen LogP contribution in [0.5, 0.6) is 0 Å². The zero-order chi connectivity index (χ0) is 12.7. The van der Waals surface area contributed by atoms with Crippen LogP contribution in [0.15, 0.2) is 12.1 Å². The molecule has 1 N–H and O–H groups in total. The molecule has 0 bridgehead atoms. The predicted octanol–water partition coefficient (Wildman–Crippen LogP) is 2.66. The molecular weight excluding hydrogens is 236 g/mol. The van der Waals surface area contributed by atoms with Crippen LogP contribution in [0.2, 0.25) is 5.15 Å². The monoisotopic (exact) mass is 256 g/mol. The van der Waals surface area contributed by atoms with Crippen LogP contribution in [0.3, 0.4) is 0 Å². The summed E-state index contributed by atoms with van der Waals surface area (Å²) in [5.41, 5.74) is 0. The van der Waals surface area contributed by atoms with Crippen LogP contribution in [0.25, 0.3) is 0 Å². The maximum Gasteiger partial charge on any atom is 0.151 e. The van der Waals surface area contributed by atoms with Crippen LogP contribution in [0.1, 0.15) is 26.7 Å². The van der Waals surface area contributed by atoms with Gasteiger partial charge in [0.25, 0.3) is 0 Å². The summed E-state index contributed by atoms with van der Waals surface area (Å²) in [5.74, 6) is 0.784. The molecule has 1 aromatic rings. The lowest BCUT2D eigenvalue weighted by Gasteiger charge is -2.20. The fourth-order valence-corrected chi connectivity index (χ4v) is 1.47. The summed E-state index contributed by atoms with van der Waals surface area (Å²) < 4.78 is 0. The van der Waals surface area contributed by atoms with Crippen molar-refractivity contribution in [1.82, 2.24) is 15.1 Å². The molecule has 0 atom stereocenters. The molecule has 0 aliphatic heterocycles. The SMILES string of the molecule is CC(C)N(C)CCCCNc1ccc(Cl)nn1. The van der Waals surface area contributed by atoms with Gasteiger partial charge in [-0.2, -0.15) is 0 Å². The predicted molar refractivity (Wildman–Crippen MR) is 72.5 cm³/mol. The van der Waals surface area contributed by atoms with Crippen molar-refractivity contribution in [3.63, 3.8) is 0 Å². The van der Waals surface area contributed by atoms with Gasteiger partial charge in [0.05, 0.1) is 0 Å². The Hall–Kier alpha value is -0.870. The number of nitrogens with zero attached hydrogens (tertiary/aromatic N) is 3. The fraction of sp³-hybridized carbons (Fsp3) is 0.667. The molecule has 1 heterocycles. The van der Waals surface area contributed by atoms with Crippen LogP contribution in [0.4, 0.5) is 5.82 Å². The summed E-state index contributed by atoms with van der Waals surface area (Å²) in [5, 5.41) is 11.4. The average molecular weight is 257 g/mol. The number of hydrogen-bond acceptors (Lipinski definition) is 4. The molecule has 0 unspecified atom stereocenters. The molecule has 5 heteroatoms. The largest absolute Gasteiger partial charge is 0.369 e. The van der Waals surface area contributed by atoms with E-state index in [2.05, 4.69) is 41.3 Å². The molecule has 1 rings (SSSR count). The quantitative estimate of drug-likeness (QED) is 0.762. The summed E-state index contributed by atoms with van der Waals surface area (Å²) in [6, 6.07) is 4.20. The number of rotatable bonds is 7. The Morgan fingerprint density at radius 2 is 2.06 bits per heavy atom. The number of nitrogens with one attached hydrogen (secondary N) is 1. The van der Waals surface area contributed by atoms with E-state index >= 15 is 0 Å². The summed E-state index contributed by atoms with van der Waals surface area (Å²) >= 11 is 5.65. The normalized spacial score (nSPS) is 11.2. The van der Waals surface area contributed by atoms with E-state index in [-0.39, 0.29) is 0 Å². The van der Waals surface area contributed by atoms with E-state index < -0.39 is 0 Å². The van der Waals surface area contributed by atoms with Gasteiger partial charge in [-0.05, 0) is 52.4 Å². The Kier molecular flexibility index (Phi) is 6.22. The first-order chi connectivity index (χ1) is 8.09. The Morgan fingerprint density at radius 3 is 2.65 bits per heavy atom. The van der Waals surface area contributed by atoms with E-state index in [0.717, 1.165) is 25.3 Å². The van der Waals surface area contributed by atoms with E-state index in [9.17, 15) is 0 Å². The van der Waals surface area contributed by atoms with Gasteiger partial charge in [0.1, 0.15) is 5.82 Å². The zero-order valence-corrected chi connectivity index (χ0v) is 11.5. The lowest BCUT2D eigenvalue weighted by molar-refractivity contribution is 0.269. The Bertz CT molecular complexity index is 313. The van der Waals surface area contributed by atoms with Crippen molar-refractivity contribution in [1.29, 1.82) is 0 Å². The highest BCUT2D eigenvalue weighted by Gasteiger charge is 2.01. The summed E-state index contributed by atoms with van der Waals surface area (Å²) in [4.78, 5) is 2.35. The molecular formula is C12H21ClN4. The molecule has 0 saturated heterocycles. The van der Waals surface area contributed by atoms with Gasteiger partial charge in [0.15, 0.2) is 5.15 Å². The molecule has 0 radical (unpaired) electrons. The van der Waals surface area contributed by atoms with E-state index in [4.69, 9.17) is 11.6 Å². The van der Waals surface area contributed by atoms with Crippen molar-refractivity contribution in [2.24, 2.45) is 0 Å². The smallest absolute Gasteiger partial charge is 0.151 e. The van der Waals surface area contributed by atoms with Crippen LogP contribution in [-0.2, 0) is 0 Å². The van der Waals surface area contributed by atoms with E-state index in [0.29, 0.717) is 11.2 Å². The molecule has 0 saturated carbocycles. The minimum Gasteiger partial charge on any atom is -0.369 e. The van der Waals surface area contributed by atoms with Gasteiger partial charge >= 0.3 is 0 Å². The third kappa shape index (κ3) is 5.84. The van der Waals surface area contributed by atoms with E-state index in [1.54, 1.807) is 6.07 Å². The molecule has 0 aliphatic rings. The van der Waals surface area contributed by atoms with Gasteiger partial charge < -0.3 is 10.2 Å². The molecule has 4 nitrogen and oxygen atoms in total. The second-order valence-corrected chi connectivity index (χ2v) is 4.84. The van der Waals surface area contributed by atoms with Crippen molar-refractivity contribution >= 4 is 17.4 Å². The van der Waals surface area contributed by atoms with Gasteiger partial charge in [0.2, 0.25) is 0 Å². The molecule has 1 aromatic heterocycles. The molecule has 0 amide bonds. The molecule has 0 fully saturated rings. The number of hydrogen-bond donors (Lipinski definition) is 1. The highest BCUT2D eigenvalue weighted by Crippen LogP contribution is 2.06. The third-order valence-electron chi connectivity index (χ3n) is 2.76. The van der Waals surface area contributed by atoms with Crippen molar-refractivity contribution in [3.05, 3.63) is 17.3 Å². The lowest BCUT2D eigenvalue weighted by atomic mass is 10.2. The van der Waals surface area contributed by atoms with Crippen LogP contribution < -0.4 is 5.32 Å². The molecule has 0 aromatic carbocycles. The van der Waals surface area contributed by atoms with Gasteiger partial charge in [-0.25, -0.2) is 0 Å². The number of unbranched alkanes of at least 4 members (excludes halogenated alkanes) is 1. The van der Waals surface area contributed by atoms with Crippen molar-refractivity contribution < 1.29 is 0 Å². The summed E-state index contributed by atoms with van der Waals surface area (Å²) in [7, 11) is 2.16. The zero-order valence-electron chi connectivity index (χ0n) is 10.8. The Morgan fingerprint density at radius 1 is 1.29 bits per heavy atom. The second kappa shape index (κ2) is 7.45. The summed E-state index contributed by atoms with van der Waals surface area (Å²) in [6.45, 7) is 6.47. The van der Waals surface area contributed by atoms with Crippen LogP contribution in [-0.4, -0.2) is 41.3 Å². The maximum atomic E-state index is 5.65. The second-order valence-electron chi connectivity index (χ2n) is 4.45. The van der Waals surface area contributed by atoms with Crippen molar-refractivity contribution in [2.75, 3.05) is 25.5 Å². The molecule has 0 spiro atoms. The average Bonchev–Trinajstić information content (AvgIpc) is 2.30. The van der Waals surface area contributed by atoms with Crippen LogP contribution in [0, 0.1) is 0 Å². The lowest BCUT2D eigenvalue weighted by Crippen LogP contribution is -2.27. The van der Waals surface area contributed by atoms with Gasteiger partial charge in [-0.15, -0.1) is 10.2 Å². The maximum absolute atomic E-state index is 5.65. The molecule has 0 aliphatic carbocycles. The van der Waals surface area contributed by atoms with Gasteiger partial charge in [0, 0.05) is 12.6 Å². The topological polar surface area (TPSA) is 41.0 Å². The third-order valence-corrected chi connectivity index (χ3v) is 2.96. The number of anilines is 1. The van der Waals surface area contributed by atoms with Crippen molar-refractivity contribution in [3.8, 4) is 0 Å². The minimum atomic E-state index is 0.425. The van der Waals surface area contributed by atoms with Crippen molar-refractivity contribution in [2.45, 2.75) is 32.7 Å². The molecule has 96 valence electrons. The standard InChI is InChI=1S/C12H21ClN4/c1-10(2)17(3)9-5-4-8-14-12-7-6-11(13)15-16-12/h6-7,10H,4-5,8-9H2,1-3H3,(H,14,16). The van der Waals surface area contributed by atoms with E-state index in [1.165, 1.54) is 6.42 Å². The van der Waals surface area contributed by atoms with Crippen LogP contribution >= 0.6 is 11.6 Å². The first-order valence-electron chi connectivity index (χ1n) is 6.03. The Balaban J connectivity index is 2.10. The Labute approximate surface area is 108 Å². The van der Waals surface area contributed by atoms with Gasteiger partial charge in [-0.3, -0.25) is 0 Å². The number of halogens is 1. The fourth-order valence-electron chi connectivity index (χ4n) is 1.37. The highest BCUT2D eigenvalue weighted by molar-refractivity contribution is 6.29. The van der Waals surface area contributed by atoms with Gasteiger partial charge in [-0.1, -0.05) is 11.6 Å². The first kappa shape index (κ1) is 14.2. The summed E-state index contributed by atoms with van der Waals surface area (Å²) in [6.07, 6.45) is 2.31. The molecule has 17 heavy (non-hydrogen) atoms. The highest BCUT2D eigenvalue weighted by atomic mass is 35.5. The first-order valence-corrected chi connectivity index (χ1v) is 6.40. The number of aromatic nitrogens is 2.